The second-order valence-electron chi connectivity index (χ2n) is 4.85. The molecule has 0 aromatic carbocycles. The number of hydrogen-bond acceptors (Lipinski definition) is 7. The van der Waals surface area contributed by atoms with Gasteiger partial charge in [0.15, 0.2) is 6.29 Å². The van der Waals surface area contributed by atoms with E-state index in [0.717, 1.165) is 12.8 Å². The Morgan fingerprint density at radius 1 is 1.35 bits per heavy atom. The van der Waals surface area contributed by atoms with E-state index < -0.39 is 17.5 Å². The molecule has 1 aliphatic heterocycles. The van der Waals surface area contributed by atoms with E-state index in [1.54, 1.807) is 14.0 Å². The van der Waals surface area contributed by atoms with E-state index in [4.69, 9.17) is 23.7 Å². The average molecular weight is 290 g/mol. The summed E-state index contributed by atoms with van der Waals surface area (Å²) in [5, 5.41) is 0. The Balaban J connectivity index is 2.24. The maximum absolute atomic E-state index is 11.9. The molecule has 1 aliphatic rings. The summed E-state index contributed by atoms with van der Waals surface area (Å²) in [6, 6.07) is 0. The predicted octanol–water partition coefficient (Wildman–Crippen LogP) is 1.49. The third kappa shape index (κ3) is 4.97. The summed E-state index contributed by atoms with van der Waals surface area (Å²) < 4.78 is 25.0. The van der Waals surface area contributed by atoms with Crippen molar-refractivity contribution in [2.45, 2.75) is 33.0 Å². The Morgan fingerprint density at radius 2 is 2.00 bits per heavy atom. The fraction of sp³-hybridized carbons (Fsp3) is 0.846. The Bertz CT molecular complexity index is 319. The number of esters is 1. The van der Waals surface area contributed by atoms with Gasteiger partial charge in [0.2, 0.25) is 0 Å². The van der Waals surface area contributed by atoms with Crippen molar-refractivity contribution in [3.8, 4) is 0 Å². The lowest BCUT2D eigenvalue weighted by Gasteiger charge is -2.29. The molecule has 1 unspecified atom stereocenters. The fourth-order valence-corrected chi connectivity index (χ4v) is 1.63. The molecular formula is C13H22O7. The third-order valence-corrected chi connectivity index (χ3v) is 2.92. The molecular weight excluding hydrogens is 268 g/mol. The average Bonchev–Trinajstić information content (AvgIpc) is 2.45. The van der Waals surface area contributed by atoms with E-state index in [0.29, 0.717) is 0 Å². The summed E-state index contributed by atoms with van der Waals surface area (Å²) in [6.07, 6.45) is 0.680. The molecule has 0 N–H and O–H groups in total. The fourth-order valence-electron chi connectivity index (χ4n) is 1.63. The number of ether oxygens (including phenoxy) is 5. The van der Waals surface area contributed by atoms with E-state index in [2.05, 4.69) is 0 Å². The highest BCUT2D eigenvalue weighted by molar-refractivity contribution is 5.78. The standard InChI is InChI=1S/C13H22O7/c1-4-5-10(16-3)17-6-7-18-11(14)13(2)8-19-12(15)20-9-13/h10H,4-9H2,1-3H3. The quantitative estimate of drug-likeness (QED) is 0.380. The van der Waals surface area contributed by atoms with Crippen LogP contribution in [0.25, 0.3) is 0 Å². The Hall–Kier alpha value is -1.34. The second kappa shape index (κ2) is 8.06. The zero-order chi connectivity index (χ0) is 15.0. The summed E-state index contributed by atoms with van der Waals surface area (Å²) in [5.41, 5.74) is -0.960. The highest BCUT2D eigenvalue weighted by Crippen LogP contribution is 2.23. The number of methoxy groups -OCH3 is 1. The SMILES string of the molecule is CCCC(OC)OCCOC(=O)C1(C)COC(=O)OC1. The van der Waals surface area contributed by atoms with E-state index >= 15 is 0 Å². The molecule has 0 aromatic heterocycles. The molecule has 0 aliphatic carbocycles. The summed E-state index contributed by atoms with van der Waals surface area (Å²) in [5.74, 6) is -0.474. The van der Waals surface area contributed by atoms with Gasteiger partial charge in [0.1, 0.15) is 25.2 Å². The van der Waals surface area contributed by atoms with Gasteiger partial charge >= 0.3 is 12.1 Å². The van der Waals surface area contributed by atoms with Crippen molar-refractivity contribution in [3.63, 3.8) is 0 Å². The lowest BCUT2D eigenvalue weighted by Crippen LogP contribution is -2.44. The molecule has 1 fully saturated rings. The number of hydrogen-bond donors (Lipinski definition) is 0. The van der Waals surface area contributed by atoms with Crippen molar-refractivity contribution in [1.29, 1.82) is 0 Å². The molecule has 0 saturated carbocycles. The number of carbonyl (C=O) groups excluding carboxylic acids is 2. The van der Waals surface area contributed by atoms with Crippen LogP contribution >= 0.6 is 0 Å². The van der Waals surface area contributed by atoms with Gasteiger partial charge in [-0.05, 0) is 13.3 Å². The van der Waals surface area contributed by atoms with Crippen LogP contribution in [-0.4, -0.2) is 52.0 Å². The molecule has 0 amide bonds. The van der Waals surface area contributed by atoms with Crippen molar-refractivity contribution >= 4 is 12.1 Å². The van der Waals surface area contributed by atoms with Gasteiger partial charge in [-0.1, -0.05) is 13.3 Å². The number of carbonyl (C=O) groups is 2. The maximum atomic E-state index is 11.9. The van der Waals surface area contributed by atoms with Crippen molar-refractivity contribution in [3.05, 3.63) is 0 Å². The van der Waals surface area contributed by atoms with Crippen LogP contribution < -0.4 is 0 Å². The number of rotatable bonds is 8. The first kappa shape index (κ1) is 16.7. The first-order valence-corrected chi connectivity index (χ1v) is 6.63. The van der Waals surface area contributed by atoms with E-state index in [1.807, 2.05) is 6.92 Å². The van der Waals surface area contributed by atoms with Crippen molar-refractivity contribution < 1.29 is 33.3 Å². The molecule has 7 heteroatoms. The smallest absolute Gasteiger partial charge is 0.463 e. The van der Waals surface area contributed by atoms with Crippen molar-refractivity contribution in [1.82, 2.24) is 0 Å². The topological polar surface area (TPSA) is 80.3 Å². The van der Waals surface area contributed by atoms with Crippen LogP contribution in [0, 0.1) is 5.41 Å². The van der Waals surface area contributed by atoms with Gasteiger partial charge in [-0.2, -0.15) is 0 Å². The van der Waals surface area contributed by atoms with Crippen molar-refractivity contribution in [2.75, 3.05) is 33.5 Å². The largest absolute Gasteiger partial charge is 0.508 e. The molecule has 1 rings (SSSR count). The third-order valence-electron chi connectivity index (χ3n) is 2.92. The van der Waals surface area contributed by atoms with Crippen LogP contribution in [0.4, 0.5) is 4.79 Å². The van der Waals surface area contributed by atoms with E-state index in [1.165, 1.54) is 0 Å². The molecule has 0 aromatic rings. The van der Waals surface area contributed by atoms with Crippen LogP contribution in [0.3, 0.4) is 0 Å². The Morgan fingerprint density at radius 3 is 2.55 bits per heavy atom. The van der Waals surface area contributed by atoms with Gasteiger partial charge in [-0.15, -0.1) is 0 Å². The molecule has 20 heavy (non-hydrogen) atoms. The summed E-state index contributed by atoms with van der Waals surface area (Å²) >= 11 is 0. The Labute approximate surface area is 118 Å². The molecule has 116 valence electrons. The number of cyclic esters (lactones) is 2. The van der Waals surface area contributed by atoms with Gasteiger partial charge in [0.25, 0.3) is 0 Å². The molecule has 1 atom stereocenters. The molecule has 0 spiro atoms. The van der Waals surface area contributed by atoms with Crippen LogP contribution in [0.2, 0.25) is 0 Å². The van der Waals surface area contributed by atoms with Gasteiger partial charge in [-0.25, -0.2) is 4.79 Å². The molecule has 1 heterocycles. The van der Waals surface area contributed by atoms with Crippen molar-refractivity contribution in [2.24, 2.45) is 5.41 Å². The van der Waals surface area contributed by atoms with Crippen LogP contribution in [0.1, 0.15) is 26.7 Å². The molecule has 0 bridgehead atoms. The normalized spacial score (nSPS) is 18.9. The molecule has 0 radical (unpaired) electrons. The zero-order valence-corrected chi connectivity index (χ0v) is 12.2. The first-order chi connectivity index (χ1) is 9.51. The lowest BCUT2D eigenvalue weighted by atomic mass is 9.93. The Kier molecular flexibility index (Phi) is 6.74. The van der Waals surface area contributed by atoms with Gasteiger partial charge in [-0.3, -0.25) is 4.79 Å². The zero-order valence-electron chi connectivity index (χ0n) is 12.2. The first-order valence-electron chi connectivity index (χ1n) is 6.63. The summed E-state index contributed by atoms with van der Waals surface area (Å²) in [7, 11) is 1.57. The predicted molar refractivity (Wildman–Crippen MR) is 68.0 cm³/mol. The van der Waals surface area contributed by atoms with Gasteiger partial charge in [0, 0.05) is 7.11 Å². The summed E-state index contributed by atoms with van der Waals surface area (Å²) in [6.45, 7) is 3.94. The lowest BCUT2D eigenvalue weighted by molar-refractivity contribution is -0.173. The highest BCUT2D eigenvalue weighted by atomic mass is 16.7. The van der Waals surface area contributed by atoms with E-state index in [-0.39, 0.29) is 32.7 Å². The van der Waals surface area contributed by atoms with Crippen LogP contribution in [0.15, 0.2) is 0 Å². The van der Waals surface area contributed by atoms with Crippen LogP contribution in [0.5, 0.6) is 0 Å². The molecule has 7 nitrogen and oxygen atoms in total. The van der Waals surface area contributed by atoms with Gasteiger partial charge in [0.05, 0.1) is 6.61 Å². The monoisotopic (exact) mass is 290 g/mol. The summed E-state index contributed by atoms with van der Waals surface area (Å²) in [4.78, 5) is 22.7. The minimum Gasteiger partial charge on any atom is -0.463 e. The van der Waals surface area contributed by atoms with Gasteiger partial charge < -0.3 is 23.7 Å². The second-order valence-corrected chi connectivity index (χ2v) is 4.85. The van der Waals surface area contributed by atoms with Crippen LogP contribution in [-0.2, 0) is 28.5 Å². The minimum absolute atomic E-state index is 0.0396. The van der Waals surface area contributed by atoms with E-state index in [9.17, 15) is 9.59 Å². The minimum atomic E-state index is -0.960. The highest BCUT2D eigenvalue weighted by Gasteiger charge is 2.41. The maximum Gasteiger partial charge on any atom is 0.508 e. The molecule has 1 saturated heterocycles.